The van der Waals surface area contributed by atoms with E-state index in [1.807, 2.05) is 31.2 Å². The third-order valence-corrected chi connectivity index (χ3v) is 3.44. The molecule has 1 aromatic carbocycles. The fourth-order valence-electron chi connectivity index (χ4n) is 2.31. The SMILES string of the molecule is CC1OCCC1C(=O)NCc1cccc(C#CCN)c1. The molecule has 0 bridgehead atoms. The minimum absolute atomic E-state index is 0.0109. The Kier molecular flexibility index (Phi) is 5.16. The van der Waals surface area contributed by atoms with Gasteiger partial charge in [0.25, 0.3) is 0 Å². The predicted octanol–water partition coefficient (Wildman–Crippen LogP) is 1.04. The maximum absolute atomic E-state index is 12.1. The zero-order valence-corrected chi connectivity index (χ0v) is 11.7. The van der Waals surface area contributed by atoms with Crippen LogP contribution in [0.3, 0.4) is 0 Å². The van der Waals surface area contributed by atoms with Crippen molar-refractivity contribution in [2.45, 2.75) is 26.0 Å². The van der Waals surface area contributed by atoms with E-state index in [1.165, 1.54) is 0 Å². The second kappa shape index (κ2) is 7.09. The lowest BCUT2D eigenvalue weighted by Crippen LogP contribution is -2.33. The van der Waals surface area contributed by atoms with E-state index in [2.05, 4.69) is 17.2 Å². The molecule has 1 aliphatic heterocycles. The van der Waals surface area contributed by atoms with Crippen LogP contribution in [0.2, 0.25) is 0 Å². The third-order valence-electron chi connectivity index (χ3n) is 3.44. The summed E-state index contributed by atoms with van der Waals surface area (Å²) in [7, 11) is 0. The molecule has 0 radical (unpaired) electrons. The Balaban J connectivity index is 1.92. The van der Waals surface area contributed by atoms with Crippen LogP contribution in [0.25, 0.3) is 0 Å². The van der Waals surface area contributed by atoms with Crippen LogP contribution in [0.1, 0.15) is 24.5 Å². The van der Waals surface area contributed by atoms with Crippen LogP contribution in [0.4, 0.5) is 0 Å². The van der Waals surface area contributed by atoms with Gasteiger partial charge in [-0.1, -0.05) is 24.0 Å². The van der Waals surface area contributed by atoms with Gasteiger partial charge in [-0.25, -0.2) is 0 Å². The highest BCUT2D eigenvalue weighted by molar-refractivity contribution is 5.79. The number of hydrogen-bond donors (Lipinski definition) is 2. The Hall–Kier alpha value is -1.83. The van der Waals surface area contributed by atoms with E-state index in [1.54, 1.807) is 0 Å². The molecule has 1 amide bonds. The largest absolute Gasteiger partial charge is 0.378 e. The fourth-order valence-corrected chi connectivity index (χ4v) is 2.31. The van der Waals surface area contributed by atoms with E-state index in [4.69, 9.17) is 10.5 Å². The maximum atomic E-state index is 12.1. The molecule has 3 N–H and O–H groups in total. The first-order valence-electron chi connectivity index (χ1n) is 6.88. The number of benzene rings is 1. The lowest BCUT2D eigenvalue weighted by Gasteiger charge is -2.14. The van der Waals surface area contributed by atoms with Gasteiger partial charge in [-0.05, 0) is 31.0 Å². The first-order valence-corrected chi connectivity index (χ1v) is 6.88. The molecule has 1 aliphatic rings. The van der Waals surface area contributed by atoms with Crippen molar-refractivity contribution in [3.05, 3.63) is 35.4 Å². The summed E-state index contributed by atoms with van der Waals surface area (Å²) in [5.41, 5.74) is 7.31. The van der Waals surface area contributed by atoms with Gasteiger partial charge in [0.1, 0.15) is 0 Å². The highest BCUT2D eigenvalue weighted by Gasteiger charge is 2.30. The predicted molar refractivity (Wildman–Crippen MR) is 77.7 cm³/mol. The summed E-state index contributed by atoms with van der Waals surface area (Å²) in [6.07, 6.45) is 0.811. The summed E-state index contributed by atoms with van der Waals surface area (Å²) in [4.78, 5) is 12.1. The molecular formula is C16H20N2O2. The number of nitrogens with two attached hydrogens (primary N) is 1. The Morgan fingerprint density at radius 2 is 2.40 bits per heavy atom. The lowest BCUT2D eigenvalue weighted by atomic mass is 10.0. The first-order chi connectivity index (χ1) is 9.70. The molecule has 20 heavy (non-hydrogen) atoms. The van der Waals surface area contributed by atoms with Crippen molar-refractivity contribution in [1.29, 1.82) is 0 Å². The van der Waals surface area contributed by atoms with Crippen molar-refractivity contribution in [2.24, 2.45) is 11.7 Å². The van der Waals surface area contributed by atoms with Gasteiger partial charge in [0.2, 0.25) is 5.91 Å². The molecule has 2 atom stereocenters. The maximum Gasteiger partial charge on any atom is 0.226 e. The van der Waals surface area contributed by atoms with E-state index in [0.29, 0.717) is 19.7 Å². The molecule has 1 saturated heterocycles. The number of nitrogens with one attached hydrogen (secondary N) is 1. The quantitative estimate of drug-likeness (QED) is 0.808. The minimum Gasteiger partial charge on any atom is -0.378 e. The summed E-state index contributed by atoms with van der Waals surface area (Å²) in [5, 5.41) is 2.96. The summed E-state index contributed by atoms with van der Waals surface area (Å²) in [6.45, 7) is 3.48. The van der Waals surface area contributed by atoms with Gasteiger partial charge in [-0.3, -0.25) is 4.79 Å². The monoisotopic (exact) mass is 272 g/mol. The molecular weight excluding hydrogens is 252 g/mol. The Bertz CT molecular complexity index is 531. The minimum atomic E-state index is -0.0322. The summed E-state index contributed by atoms with van der Waals surface area (Å²) in [6, 6.07) is 7.81. The van der Waals surface area contributed by atoms with E-state index in [9.17, 15) is 4.79 Å². The van der Waals surface area contributed by atoms with Gasteiger partial charge < -0.3 is 15.8 Å². The molecule has 1 heterocycles. The molecule has 1 aromatic rings. The standard InChI is InChI=1S/C16H20N2O2/c1-12-15(7-9-20-12)16(19)18-11-14-5-2-4-13(10-14)6-3-8-17/h2,4-5,10,12,15H,7-9,11,17H2,1H3,(H,18,19). The van der Waals surface area contributed by atoms with Gasteiger partial charge in [-0.2, -0.15) is 0 Å². The van der Waals surface area contributed by atoms with Crippen molar-refractivity contribution < 1.29 is 9.53 Å². The van der Waals surface area contributed by atoms with Crippen LogP contribution in [-0.2, 0) is 16.1 Å². The highest BCUT2D eigenvalue weighted by atomic mass is 16.5. The van der Waals surface area contributed by atoms with Crippen molar-refractivity contribution in [3.8, 4) is 11.8 Å². The molecule has 4 heteroatoms. The van der Waals surface area contributed by atoms with Gasteiger partial charge >= 0.3 is 0 Å². The van der Waals surface area contributed by atoms with Crippen LogP contribution in [0.15, 0.2) is 24.3 Å². The number of hydrogen-bond acceptors (Lipinski definition) is 3. The molecule has 0 aromatic heterocycles. The van der Waals surface area contributed by atoms with Gasteiger partial charge in [0.15, 0.2) is 0 Å². The van der Waals surface area contributed by atoms with Crippen LogP contribution in [0.5, 0.6) is 0 Å². The number of rotatable bonds is 3. The third kappa shape index (κ3) is 3.83. The van der Waals surface area contributed by atoms with E-state index in [-0.39, 0.29) is 17.9 Å². The van der Waals surface area contributed by atoms with Crippen LogP contribution in [0, 0.1) is 17.8 Å². The van der Waals surface area contributed by atoms with Gasteiger partial charge in [0, 0.05) is 18.7 Å². The average Bonchev–Trinajstić information content (AvgIpc) is 2.89. The lowest BCUT2D eigenvalue weighted by molar-refractivity contribution is -0.126. The second-order valence-electron chi connectivity index (χ2n) is 4.90. The van der Waals surface area contributed by atoms with Crippen molar-refractivity contribution in [1.82, 2.24) is 5.32 Å². The van der Waals surface area contributed by atoms with E-state index in [0.717, 1.165) is 17.5 Å². The zero-order valence-electron chi connectivity index (χ0n) is 11.7. The molecule has 0 spiro atoms. The van der Waals surface area contributed by atoms with Gasteiger partial charge in [0.05, 0.1) is 18.6 Å². The normalized spacial score (nSPS) is 21.1. The zero-order chi connectivity index (χ0) is 14.4. The molecule has 1 fully saturated rings. The Labute approximate surface area is 119 Å². The number of carbonyl (C=O) groups excluding carboxylic acids is 1. The van der Waals surface area contributed by atoms with Crippen LogP contribution in [-0.4, -0.2) is 25.2 Å². The Morgan fingerprint density at radius 3 is 3.10 bits per heavy atom. The molecule has 0 aliphatic carbocycles. The fraction of sp³-hybridized carbons (Fsp3) is 0.438. The second-order valence-corrected chi connectivity index (χ2v) is 4.90. The first kappa shape index (κ1) is 14.6. The summed E-state index contributed by atoms with van der Waals surface area (Å²) in [5.74, 6) is 5.84. The van der Waals surface area contributed by atoms with Crippen molar-refractivity contribution in [3.63, 3.8) is 0 Å². The van der Waals surface area contributed by atoms with E-state index < -0.39 is 0 Å². The molecule has 106 valence electrons. The van der Waals surface area contributed by atoms with E-state index >= 15 is 0 Å². The number of ether oxygens (including phenoxy) is 1. The topological polar surface area (TPSA) is 64.3 Å². The molecule has 4 nitrogen and oxygen atoms in total. The number of amides is 1. The molecule has 0 saturated carbocycles. The smallest absolute Gasteiger partial charge is 0.226 e. The van der Waals surface area contributed by atoms with Crippen molar-refractivity contribution >= 4 is 5.91 Å². The van der Waals surface area contributed by atoms with Crippen LogP contribution >= 0.6 is 0 Å². The van der Waals surface area contributed by atoms with Crippen LogP contribution < -0.4 is 11.1 Å². The molecule has 2 rings (SSSR count). The van der Waals surface area contributed by atoms with Crippen molar-refractivity contribution in [2.75, 3.05) is 13.2 Å². The number of carbonyl (C=O) groups is 1. The Morgan fingerprint density at radius 1 is 1.55 bits per heavy atom. The summed E-state index contributed by atoms with van der Waals surface area (Å²) < 4.78 is 5.41. The van der Waals surface area contributed by atoms with Gasteiger partial charge in [-0.15, -0.1) is 0 Å². The summed E-state index contributed by atoms with van der Waals surface area (Å²) >= 11 is 0. The highest BCUT2D eigenvalue weighted by Crippen LogP contribution is 2.20. The molecule has 2 unspecified atom stereocenters. The average molecular weight is 272 g/mol.